The fourth-order valence-corrected chi connectivity index (χ4v) is 3.08. The van der Waals surface area contributed by atoms with E-state index in [2.05, 4.69) is 14.9 Å². The Kier molecular flexibility index (Phi) is 3.96. The summed E-state index contributed by atoms with van der Waals surface area (Å²) in [5.74, 6) is 0.653. The Morgan fingerprint density at radius 1 is 1.39 bits per heavy atom. The van der Waals surface area contributed by atoms with Gasteiger partial charge in [0.15, 0.2) is 0 Å². The molecule has 18 heavy (non-hydrogen) atoms. The predicted molar refractivity (Wildman–Crippen MR) is 70.7 cm³/mol. The van der Waals surface area contributed by atoms with Crippen molar-refractivity contribution in [3.8, 4) is 0 Å². The Bertz CT molecular complexity index is 365. The summed E-state index contributed by atoms with van der Waals surface area (Å²) in [5.41, 5.74) is 1.40. The van der Waals surface area contributed by atoms with Crippen LogP contribution in [0.15, 0.2) is 12.5 Å². The van der Waals surface area contributed by atoms with Crippen LogP contribution in [0.25, 0.3) is 0 Å². The molecule has 2 unspecified atom stereocenters. The van der Waals surface area contributed by atoms with Crippen LogP contribution in [-0.4, -0.2) is 35.4 Å². The zero-order valence-electron chi connectivity index (χ0n) is 11.0. The van der Waals surface area contributed by atoms with E-state index in [9.17, 15) is 0 Å². The van der Waals surface area contributed by atoms with Crippen molar-refractivity contribution in [3.63, 3.8) is 0 Å². The first-order chi connectivity index (χ1) is 8.93. The Morgan fingerprint density at radius 2 is 2.39 bits per heavy atom. The van der Waals surface area contributed by atoms with Gasteiger partial charge in [-0.15, -0.1) is 0 Å². The number of ether oxygens (including phenoxy) is 1. The lowest BCUT2D eigenvalue weighted by Crippen LogP contribution is -2.21. The number of hydrogen-bond acceptors (Lipinski definition) is 3. The number of imidazole rings is 1. The monoisotopic (exact) mass is 249 g/mol. The summed E-state index contributed by atoms with van der Waals surface area (Å²) >= 11 is 0. The molecular formula is C14H23N3O. The van der Waals surface area contributed by atoms with Crippen LogP contribution in [0.1, 0.15) is 43.7 Å². The summed E-state index contributed by atoms with van der Waals surface area (Å²) in [6.07, 6.45) is 10.7. The normalized spacial score (nSPS) is 28.7. The predicted octanol–water partition coefficient (Wildman–Crippen LogP) is 1.92. The van der Waals surface area contributed by atoms with Crippen LogP contribution in [0, 0.1) is 0 Å². The van der Waals surface area contributed by atoms with Crippen molar-refractivity contribution in [2.24, 2.45) is 0 Å². The highest BCUT2D eigenvalue weighted by Gasteiger charge is 2.21. The van der Waals surface area contributed by atoms with E-state index in [0.717, 1.165) is 32.7 Å². The van der Waals surface area contributed by atoms with Gasteiger partial charge in [-0.25, -0.2) is 4.98 Å². The maximum atomic E-state index is 5.80. The molecule has 0 spiro atoms. The molecule has 2 saturated heterocycles. The quantitative estimate of drug-likeness (QED) is 0.886. The topological polar surface area (TPSA) is 39.1 Å². The number of aromatic nitrogens is 2. The summed E-state index contributed by atoms with van der Waals surface area (Å²) < 4.78 is 8.12. The van der Waals surface area contributed by atoms with Gasteiger partial charge in [0.2, 0.25) is 0 Å². The maximum Gasteiger partial charge on any atom is 0.0948 e. The molecule has 0 aliphatic carbocycles. The van der Waals surface area contributed by atoms with E-state index in [-0.39, 0.29) is 0 Å². The Hall–Kier alpha value is -0.870. The molecule has 100 valence electrons. The van der Waals surface area contributed by atoms with Gasteiger partial charge in [0.1, 0.15) is 0 Å². The molecule has 1 aromatic heterocycles. The van der Waals surface area contributed by atoms with Gasteiger partial charge < -0.3 is 14.6 Å². The average molecular weight is 249 g/mol. The van der Waals surface area contributed by atoms with Crippen molar-refractivity contribution in [2.75, 3.05) is 19.7 Å². The molecule has 2 atom stereocenters. The number of hydrogen-bond donors (Lipinski definition) is 1. The van der Waals surface area contributed by atoms with Crippen LogP contribution in [0.2, 0.25) is 0 Å². The molecular weight excluding hydrogens is 226 g/mol. The summed E-state index contributed by atoms with van der Waals surface area (Å²) in [7, 11) is 0. The number of nitrogens with one attached hydrogen (secondary N) is 1. The zero-order valence-corrected chi connectivity index (χ0v) is 11.0. The third kappa shape index (κ3) is 2.75. The Morgan fingerprint density at radius 3 is 3.17 bits per heavy atom. The summed E-state index contributed by atoms with van der Waals surface area (Å²) in [5, 5.41) is 3.43. The number of rotatable bonds is 4. The molecule has 0 amide bonds. The van der Waals surface area contributed by atoms with Gasteiger partial charge in [0.25, 0.3) is 0 Å². The van der Waals surface area contributed by atoms with Crippen LogP contribution in [0.4, 0.5) is 0 Å². The van der Waals surface area contributed by atoms with Gasteiger partial charge in [-0.2, -0.15) is 0 Å². The van der Waals surface area contributed by atoms with E-state index in [1.54, 1.807) is 0 Å². The second kappa shape index (κ2) is 5.85. The first kappa shape index (κ1) is 12.2. The molecule has 2 aliphatic heterocycles. The first-order valence-electron chi connectivity index (χ1n) is 7.26. The number of nitrogens with zero attached hydrogens (tertiary/aromatic N) is 2. The summed E-state index contributed by atoms with van der Waals surface area (Å²) in [4.78, 5) is 4.32. The molecule has 3 rings (SSSR count). The summed E-state index contributed by atoms with van der Waals surface area (Å²) in [6.45, 7) is 4.25. The molecule has 2 aliphatic rings. The fourth-order valence-electron chi connectivity index (χ4n) is 3.08. The third-order valence-electron chi connectivity index (χ3n) is 4.19. The van der Waals surface area contributed by atoms with E-state index in [1.807, 2.05) is 12.5 Å². The van der Waals surface area contributed by atoms with Gasteiger partial charge >= 0.3 is 0 Å². The molecule has 0 saturated carbocycles. The molecule has 0 aromatic carbocycles. The van der Waals surface area contributed by atoms with Crippen molar-refractivity contribution >= 4 is 0 Å². The Balaban J connectivity index is 1.56. The maximum absolute atomic E-state index is 5.80. The standard InChI is InChI=1S/C14H23N3O/c1-2-8-18-13(3-1)5-7-17-11-16-10-14(17)12-4-6-15-9-12/h10-13,15H,1-9H2. The molecule has 0 radical (unpaired) electrons. The molecule has 3 heterocycles. The van der Waals surface area contributed by atoms with Gasteiger partial charge in [0.05, 0.1) is 12.4 Å². The van der Waals surface area contributed by atoms with Crippen LogP contribution in [0.5, 0.6) is 0 Å². The largest absolute Gasteiger partial charge is 0.378 e. The highest BCUT2D eigenvalue weighted by molar-refractivity contribution is 5.09. The minimum Gasteiger partial charge on any atom is -0.378 e. The fraction of sp³-hybridized carbons (Fsp3) is 0.786. The van der Waals surface area contributed by atoms with Crippen LogP contribution < -0.4 is 5.32 Å². The van der Waals surface area contributed by atoms with Crippen molar-refractivity contribution < 1.29 is 4.74 Å². The van der Waals surface area contributed by atoms with Crippen LogP contribution in [0.3, 0.4) is 0 Å². The van der Waals surface area contributed by atoms with E-state index in [4.69, 9.17) is 4.74 Å². The third-order valence-corrected chi connectivity index (χ3v) is 4.19. The van der Waals surface area contributed by atoms with Crippen molar-refractivity contribution in [2.45, 2.75) is 50.7 Å². The average Bonchev–Trinajstić information content (AvgIpc) is 3.08. The van der Waals surface area contributed by atoms with E-state index >= 15 is 0 Å². The lowest BCUT2D eigenvalue weighted by atomic mass is 10.0. The highest BCUT2D eigenvalue weighted by Crippen LogP contribution is 2.23. The zero-order chi connectivity index (χ0) is 12.2. The minimum absolute atomic E-state index is 0.468. The second-order valence-electron chi connectivity index (χ2n) is 5.48. The van der Waals surface area contributed by atoms with E-state index in [0.29, 0.717) is 12.0 Å². The van der Waals surface area contributed by atoms with Gasteiger partial charge in [0, 0.05) is 37.5 Å². The van der Waals surface area contributed by atoms with E-state index < -0.39 is 0 Å². The van der Waals surface area contributed by atoms with Gasteiger partial charge in [-0.05, 0) is 38.6 Å². The lowest BCUT2D eigenvalue weighted by molar-refractivity contribution is 0.00867. The Labute approximate surface area is 109 Å². The number of aryl methyl sites for hydroxylation is 1. The van der Waals surface area contributed by atoms with Gasteiger partial charge in [-0.3, -0.25) is 0 Å². The molecule has 4 nitrogen and oxygen atoms in total. The van der Waals surface area contributed by atoms with Crippen molar-refractivity contribution in [3.05, 3.63) is 18.2 Å². The minimum atomic E-state index is 0.468. The lowest BCUT2D eigenvalue weighted by Gasteiger charge is -2.23. The highest BCUT2D eigenvalue weighted by atomic mass is 16.5. The SMILES string of the molecule is c1ncn(CCC2CCCCO2)c1C1CCNC1. The van der Waals surface area contributed by atoms with E-state index in [1.165, 1.54) is 31.4 Å². The van der Waals surface area contributed by atoms with Crippen LogP contribution in [-0.2, 0) is 11.3 Å². The van der Waals surface area contributed by atoms with Gasteiger partial charge in [-0.1, -0.05) is 0 Å². The molecule has 2 fully saturated rings. The van der Waals surface area contributed by atoms with Crippen molar-refractivity contribution in [1.82, 2.24) is 14.9 Å². The van der Waals surface area contributed by atoms with Crippen LogP contribution >= 0.6 is 0 Å². The smallest absolute Gasteiger partial charge is 0.0948 e. The molecule has 0 bridgehead atoms. The summed E-state index contributed by atoms with van der Waals surface area (Å²) in [6, 6.07) is 0. The van der Waals surface area contributed by atoms with Crippen molar-refractivity contribution in [1.29, 1.82) is 0 Å². The first-order valence-corrected chi connectivity index (χ1v) is 7.26. The molecule has 4 heteroatoms. The molecule has 1 aromatic rings. The second-order valence-corrected chi connectivity index (χ2v) is 5.48. The molecule has 1 N–H and O–H groups in total.